The monoisotopic (exact) mass is 437 g/mol. The predicted octanol–water partition coefficient (Wildman–Crippen LogP) is 2.91. The highest BCUT2D eigenvalue weighted by Gasteiger charge is 2.26. The zero-order chi connectivity index (χ0) is 22.0. The van der Waals surface area contributed by atoms with Crippen LogP contribution in [-0.4, -0.2) is 55.6 Å². The van der Waals surface area contributed by atoms with Crippen molar-refractivity contribution in [2.75, 3.05) is 26.2 Å². The molecule has 1 fully saturated rings. The van der Waals surface area contributed by atoms with Crippen LogP contribution in [0.15, 0.2) is 29.2 Å². The van der Waals surface area contributed by atoms with Crippen molar-refractivity contribution in [3.05, 3.63) is 29.8 Å². The summed E-state index contributed by atoms with van der Waals surface area (Å²) in [7, 11) is -3.41. The smallest absolute Gasteiger partial charge is 0.243 e. The largest absolute Gasteiger partial charge is 0.352 e. The maximum Gasteiger partial charge on any atom is 0.243 e. The van der Waals surface area contributed by atoms with E-state index in [4.69, 9.17) is 0 Å². The molecule has 2 rings (SSSR count). The van der Waals surface area contributed by atoms with Crippen LogP contribution < -0.4 is 5.32 Å². The van der Waals surface area contributed by atoms with Gasteiger partial charge in [-0.05, 0) is 49.8 Å². The second-order valence-corrected chi connectivity index (χ2v) is 9.70. The highest BCUT2D eigenvalue weighted by molar-refractivity contribution is 7.89. The summed E-state index contributed by atoms with van der Waals surface area (Å²) in [5.74, 6) is 0.00963. The summed E-state index contributed by atoms with van der Waals surface area (Å²) in [5, 5.41) is 2.84. The van der Waals surface area contributed by atoms with Crippen molar-refractivity contribution in [3.63, 3.8) is 0 Å². The lowest BCUT2D eigenvalue weighted by Crippen LogP contribution is -2.32. The number of amides is 2. The number of benzene rings is 1. The van der Waals surface area contributed by atoms with Crippen LogP contribution in [0.3, 0.4) is 0 Å². The number of rotatable bonds is 12. The predicted molar refractivity (Wildman–Crippen MR) is 117 cm³/mol. The molecule has 30 heavy (non-hydrogen) atoms. The number of hydrogen-bond donors (Lipinski definition) is 1. The van der Waals surface area contributed by atoms with Gasteiger partial charge in [0.05, 0.1) is 4.90 Å². The molecule has 2 amide bonds. The molecule has 0 spiro atoms. The molecule has 0 saturated carbocycles. The van der Waals surface area contributed by atoms with Crippen LogP contribution in [0, 0.1) is 0 Å². The fraction of sp³-hybridized carbons (Fsp3) is 0.636. The lowest BCUT2D eigenvalue weighted by molar-refractivity contribution is -0.131. The first kappa shape index (κ1) is 24.3. The number of nitrogens with zero attached hydrogens (tertiary/aromatic N) is 2. The molecule has 1 N–H and O–H groups in total. The summed E-state index contributed by atoms with van der Waals surface area (Å²) in [5.41, 5.74) is 0.844. The van der Waals surface area contributed by atoms with E-state index in [0.29, 0.717) is 43.8 Å². The third-order valence-electron chi connectivity index (χ3n) is 5.25. The summed E-state index contributed by atoms with van der Waals surface area (Å²) in [6, 6.07) is 6.67. The minimum absolute atomic E-state index is 0.103. The Morgan fingerprint density at radius 3 is 2.17 bits per heavy atom. The Labute approximate surface area is 180 Å². The molecule has 0 aromatic heterocycles. The maximum absolute atomic E-state index is 12.5. The highest BCUT2D eigenvalue weighted by Crippen LogP contribution is 2.21. The van der Waals surface area contributed by atoms with Crippen LogP contribution in [0.5, 0.6) is 0 Å². The van der Waals surface area contributed by atoms with Gasteiger partial charge in [-0.3, -0.25) is 9.59 Å². The van der Waals surface area contributed by atoms with Crippen LogP contribution >= 0.6 is 0 Å². The Morgan fingerprint density at radius 2 is 1.60 bits per heavy atom. The van der Waals surface area contributed by atoms with E-state index in [-0.39, 0.29) is 11.8 Å². The van der Waals surface area contributed by atoms with Crippen molar-refractivity contribution in [3.8, 4) is 0 Å². The molecular formula is C22H35N3O4S. The van der Waals surface area contributed by atoms with Gasteiger partial charge in [-0.1, -0.05) is 26.0 Å². The fourth-order valence-electron chi connectivity index (χ4n) is 3.61. The fourth-order valence-corrected chi connectivity index (χ4v) is 5.12. The topological polar surface area (TPSA) is 86.8 Å². The first-order valence-electron chi connectivity index (χ1n) is 11.0. The van der Waals surface area contributed by atoms with E-state index in [9.17, 15) is 18.0 Å². The molecule has 7 nitrogen and oxygen atoms in total. The summed E-state index contributed by atoms with van der Waals surface area (Å²) >= 11 is 0. The van der Waals surface area contributed by atoms with E-state index < -0.39 is 10.0 Å². The number of carbonyl (C=O) groups is 2. The molecule has 8 heteroatoms. The molecule has 1 aliphatic heterocycles. The average Bonchev–Trinajstić information content (AvgIpc) is 3.28. The third-order valence-corrected chi connectivity index (χ3v) is 7.16. The van der Waals surface area contributed by atoms with Crippen molar-refractivity contribution >= 4 is 21.8 Å². The normalized spacial score (nSPS) is 14.6. The third kappa shape index (κ3) is 7.09. The first-order valence-corrected chi connectivity index (χ1v) is 12.5. The van der Waals surface area contributed by atoms with E-state index in [1.54, 1.807) is 24.3 Å². The van der Waals surface area contributed by atoms with Gasteiger partial charge < -0.3 is 10.2 Å². The minimum Gasteiger partial charge on any atom is -0.352 e. The van der Waals surface area contributed by atoms with Gasteiger partial charge in [0.25, 0.3) is 0 Å². The van der Waals surface area contributed by atoms with E-state index >= 15 is 0 Å². The lowest BCUT2D eigenvalue weighted by Gasteiger charge is -2.21. The Kier molecular flexibility index (Phi) is 9.78. The molecule has 0 atom stereocenters. The number of nitrogens with one attached hydrogen (secondary N) is 1. The average molecular weight is 438 g/mol. The summed E-state index contributed by atoms with van der Waals surface area (Å²) in [6.45, 7) is 7.14. The molecule has 1 aromatic rings. The van der Waals surface area contributed by atoms with E-state index in [1.165, 1.54) is 4.31 Å². The zero-order valence-corrected chi connectivity index (χ0v) is 19.0. The van der Waals surface area contributed by atoms with Crippen molar-refractivity contribution < 1.29 is 18.0 Å². The zero-order valence-electron chi connectivity index (χ0n) is 18.2. The van der Waals surface area contributed by atoms with E-state index in [1.807, 2.05) is 4.90 Å². The number of carbonyl (C=O) groups excluding carboxylic acids is 2. The van der Waals surface area contributed by atoms with Gasteiger partial charge in [-0.15, -0.1) is 0 Å². The standard InChI is InChI=1S/C22H35N3O4S/c1-3-14-24(15-4-2)22(27)9-7-8-21(26)23-18-19-10-12-20(13-11-19)30(28,29)25-16-5-6-17-25/h10-13H,3-9,14-18H2,1-2H3,(H,23,26). The number of hydrogen-bond acceptors (Lipinski definition) is 4. The van der Waals surface area contributed by atoms with Gasteiger partial charge in [0.15, 0.2) is 0 Å². The Balaban J connectivity index is 1.75. The molecule has 0 radical (unpaired) electrons. The molecule has 1 aliphatic rings. The number of sulfonamides is 1. The Morgan fingerprint density at radius 1 is 1.00 bits per heavy atom. The minimum atomic E-state index is -3.41. The summed E-state index contributed by atoms with van der Waals surface area (Å²) in [6.07, 6.45) is 4.90. The molecule has 0 bridgehead atoms. The molecule has 1 saturated heterocycles. The molecule has 1 heterocycles. The molecule has 0 aliphatic carbocycles. The SMILES string of the molecule is CCCN(CCC)C(=O)CCCC(=O)NCc1ccc(S(=O)(=O)N2CCCC2)cc1. The Bertz CT molecular complexity index is 781. The van der Waals surface area contributed by atoms with Crippen LogP contribution in [0.1, 0.15) is 64.4 Å². The van der Waals surface area contributed by atoms with E-state index in [0.717, 1.165) is 44.3 Å². The van der Waals surface area contributed by atoms with Gasteiger partial charge in [0.1, 0.15) is 0 Å². The first-order chi connectivity index (χ1) is 14.4. The Hall–Kier alpha value is -1.93. The molecule has 0 unspecified atom stereocenters. The van der Waals surface area contributed by atoms with Crippen molar-refractivity contribution in [1.29, 1.82) is 0 Å². The van der Waals surface area contributed by atoms with Crippen LogP contribution in [0.4, 0.5) is 0 Å². The van der Waals surface area contributed by atoms with Gasteiger partial charge in [-0.2, -0.15) is 4.31 Å². The highest BCUT2D eigenvalue weighted by atomic mass is 32.2. The maximum atomic E-state index is 12.5. The van der Waals surface area contributed by atoms with Gasteiger partial charge in [-0.25, -0.2) is 8.42 Å². The molecule has 168 valence electrons. The lowest BCUT2D eigenvalue weighted by atomic mass is 10.2. The van der Waals surface area contributed by atoms with Gasteiger partial charge >= 0.3 is 0 Å². The van der Waals surface area contributed by atoms with Gasteiger partial charge in [0.2, 0.25) is 21.8 Å². The summed E-state index contributed by atoms with van der Waals surface area (Å²) in [4.78, 5) is 26.5. The molecular weight excluding hydrogens is 402 g/mol. The summed E-state index contributed by atoms with van der Waals surface area (Å²) < 4.78 is 26.6. The van der Waals surface area contributed by atoms with E-state index in [2.05, 4.69) is 19.2 Å². The van der Waals surface area contributed by atoms with Crippen LogP contribution in [0.2, 0.25) is 0 Å². The van der Waals surface area contributed by atoms with Crippen molar-refractivity contribution in [2.24, 2.45) is 0 Å². The second kappa shape index (κ2) is 12.1. The molecule has 1 aromatic carbocycles. The van der Waals surface area contributed by atoms with Crippen molar-refractivity contribution in [2.45, 2.75) is 70.2 Å². The second-order valence-electron chi connectivity index (χ2n) is 7.77. The van der Waals surface area contributed by atoms with Crippen LogP contribution in [0.25, 0.3) is 0 Å². The van der Waals surface area contributed by atoms with Crippen molar-refractivity contribution in [1.82, 2.24) is 14.5 Å². The van der Waals surface area contributed by atoms with Crippen LogP contribution in [-0.2, 0) is 26.2 Å². The van der Waals surface area contributed by atoms with Gasteiger partial charge in [0, 0.05) is 45.6 Å². The quantitative estimate of drug-likeness (QED) is 0.545.